The Labute approximate surface area is 110 Å². The number of tetrazole rings is 1. The lowest BCUT2D eigenvalue weighted by Crippen LogP contribution is -2.34. The molecule has 19 heavy (non-hydrogen) atoms. The minimum atomic E-state index is -0.115. The van der Waals surface area contributed by atoms with Crippen molar-refractivity contribution in [3.63, 3.8) is 0 Å². The second-order valence-corrected chi connectivity index (χ2v) is 3.84. The van der Waals surface area contributed by atoms with Gasteiger partial charge in [-0.3, -0.25) is 4.79 Å². The van der Waals surface area contributed by atoms with E-state index in [1.807, 2.05) is 37.3 Å². The lowest BCUT2D eigenvalue weighted by atomic mass is 10.3. The van der Waals surface area contributed by atoms with E-state index in [0.717, 1.165) is 0 Å². The summed E-state index contributed by atoms with van der Waals surface area (Å²) in [6.07, 6.45) is 0. The number of carbonyl (C=O) groups excluding carboxylic acids is 1. The standard InChI is InChI=1S/C12H15N5O2/c1-2-17(8-11-13-15-16-14-11)12(18)9-19-10-6-4-3-5-7-10/h3-7H,2,8-9H2,1H3,(H,13,14,15,16). The lowest BCUT2D eigenvalue weighted by molar-refractivity contribution is -0.133. The molecule has 0 spiro atoms. The van der Waals surface area contributed by atoms with Crippen molar-refractivity contribution >= 4 is 5.91 Å². The lowest BCUT2D eigenvalue weighted by Gasteiger charge is -2.19. The van der Waals surface area contributed by atoms with Gasteiger partial charge in [0.25, 0.3) is 5.91 Å². The van der Waals surface area contributed by atoms with Gasteiger partial charge in [-0.1, -0.05) is 23.4 Å². The van der Waals surface area contributed by atoms with Crippen LogP contribution in [0.2, 0.25) is 0 Å². The summed E-state index contributed by atoms with van der Waals surface area (Å²) in [5.41, 5.74) is 0. The Morgan fingerprint density at radius 1 is 1.37 bits per heavy atom. The summed E-state index contributed by atoms with van der Waals surface area (Å²) in [6.45, 7) is 2.77. The number of nitrogens with one attached hydrogen (secondary N) is 1. The summed E-state index contributed by atoms with van der Waals surface area (Å²) in [4.78, 5) is 13.6. The Morgan fingerprint density at radius 3 is 2.79 bits per heavy atom. The molecule has 0 aliphatic rings. The number of aromatic amines is 1. The molecule has 0 saturated heterocycles. The van der Waals surface area contributed by atoms with E-state index in [1.54, 1.807) is 4.90 Å². The molecule has 0 aliphatic carbocycles. The van der Waals surface area contributed by atoms with Crippen LogP contribution in [0.15, 0.2) is 30.3 Å². The second-order valence-electron chi connectivity index (χ2n) is 3.84. The average Bonchev–Trinajstić information content (AvgIpc) is 2.96. The first-order valence-electron chi connectivity index (χ1n) is 5.97. The Morgan fingerprint density at radius 2 is 2.16 bits per heavy atom. The molecule has 0 bridgehead atoms. The second kappa shape index (κ2) is 6.48. The van der Waals surface area contributed by atoms with E-state index >= 15 is 0 Å². The first-order valence-corrected chi connectivity index (χ1v) is 5.97. The molecular weight excluding hydrogens is 246 g/mol. The van der Waals surface area contributed by atoms with E-state index in [0.29, 0.717) is 24.7 Å². The Balaban J connectivity index is 1.87. The maximum Gasteiger partial charge on any atom is 0.260 e. The van der Waals surface area contributed by atoms with E-state index in [2.05, 4.69) is 20.6 Å². The average molecular weight is 261 g/mol. The van der Waals surface area contributed by atoms with Crippen molar-refractivity contribution in [3.8, 4) is 5.75 Å². The van der Waals surface area contributed by atoms with Gasteiger partial charge >= 0.3 is 0 Å². The molecule has 100 valence electrons. The number of hydrogen-bond acceptors (Lipinski definition) is 5. The van der Waals surface area contributed by atoms with Crippen LogP contribution in [0.5, 0.6) is 5.75 Å². The van der Waals surface area contributed by atoms with Crippen molar-refractivity contribution in [2.24, 2.45) is 0 Å². The molecule has 7 nitrogen and oxygen atoms in total. The van der Waals surface area contributed by atoms with Crippen LogP contribution in [0.25, 0.3) is 0 Å². The van der Waals surface area contributed by atoms with Gasteiger partial charge in [0, 0.05) is 6.54 Å². The molecule has 0 aliphatic heterocycles. The zero-order valence-corrected chi connectivity index (χ0v) is 10.6. The first-order chi connectivity index (χ1) is 9.29. The molecule has 2 aromatic rings. The van der Waals surface area contributed by atoms with Crippen molar-refractivity contribution in [2.75, 3.05) is 13.2 Å². The number of amides is 1. The molecule has 1 aromatic heterocycles. The van der Waals surface area contributed by atoms with Gasteiger partial charge in [0.05, 0.1) is 6.54 Å². The molecule has 1 amide bonds. The van der Waals surface area contributed by atoms with Crippen molar-refractivity contribution in [3.05, 3.63) is 36.2 Å². The van der Waals surface area contributed by atoms with Crippen LogP contribution < -0.4 is 4.74 Å². The van der Waals surface area contributed by atoms with E-state index in [9.17, 15) is 4.79 Å². The molecule has 1 N–H and O–H groups in total. The van der Waals surface area contributed by atoms with Gasteiger partial charge in [-0.05, 0) is 19.1 Å². The quantitative estimate of drug-likeness (QED) is 0.824. The highest BCUT2D eigenvalue weighted by Crippen LogP contribution is 2.08. The summed E-state index contributed by atoms with van der Waals surface area (Å²) >= 11 is 0. The molecule has 2 rings (SSSR count). The van der Waals surface area contributed by atoms with Gasteiger partial charge in [0.2, 0.25) is 0 Å². The van der Waals surface area contributed by atoms with E-state index < -0.39 is 0 Å². The van der Waals surface area contributed by atoms with Gasteiger partial charge in [0.15, 0.2) is 12.4 Å². The third-order valence-electron chi connectivity index (χ3n) is 2.56. The summed E-state index contributed by atoms with van der Waals surface area (Å²) in [7, 11) is 0. The normalized spacial score (nSPS) is 10.2. The fourth-order valence-electron chi connectivity index (χ4n) is 1.55. The van der Waals surface area contributed by atoms with Gasteiger partial charge < -0.3 is 9.64 Å². The smallest absolute Gasteiger partial charge is 0.260 e. The number of hydrogen-bond donors (Lipinski definition) is 1. The number of carbonyl (C=O) groups is 1. The number of benzene rings is 1. The Hall–Kier alpha value is -2.44. The van der Waals surface area contributed by atoms with Crippen LogP contribution in [-0.4, -0.2) is 44.6 Å². The van der Waals surface area contributed by atoms with Crippen LogP contribution in [0.4, 0.5) is 0 Å². The summed E-state index contributed by atoms with van der Waals surface area (Å²) in [5.74, 6) is 1.04. The Bertz CT molecular complexity index is 500. The van der Waals surface area contributed by atoms with Gasteiger partial charge in [-0.15, -0.1) is 10.2 Å². The number of nitrogens with zero attached hydrogens (tertiary/aromatic N) is 4. The van der Waals surface area contributed by atoms with Crippen molar-refractivity contribution in [2.45, 2.75) is 13.5 Å². The van der Waals surface area contributed by atoms with E-state index in [1.165, 1.54) is 0 Å². The van der Waals surface area contributed by atoms with E-state index in [4.69, 9.17) is 4.74 Å². The predicted molar refractivity (Wildman–Crippen MR) is 67.2 cm³/mol. The predicted octanol–water partition coefficient (Wildman–Crippen LogP) is 0.627. The highest BCUT2D eigenvalue weighted by molar-refractivity contribution is 5.77. The van der Waals surface area contributed by atoms with Crippen molar-refractivity contribution < 1.29 is 9.53 Å². The van der Waals surface area contributed by atoms with E-state index in [-0.39, 0.29) is 12.5 Å². The molecule has 7 heteroatoms. The highest BCUT2D eigenvalue weighted by Gasteiger charge is 2.14. The molecule has 0 atom stereocenters. The Kier molecular flexibility index (Phi) is 4.44. The summed E-state index contributed by atoms with van der Waals surface area (Å²) < 4.78 is 5.41. The molecule has 1 heterocycles. The van der Waals surface area contributed by atoms with Crippen LogP contribution in [0.1, 0.15) is 12.7 Å². The van der Waals surface area contributed by atoms with Gasteiger partial charge in [-0.25, -0.2) is 0 Å². The zero-order valence-electron chi connectivity index (χ0n) is 10.6. The number of ether oxygens (including phenoxy) is 1. The zero-order chi connectivity index (χ0) is 13.5. The number of likely N-dealkylation sites (N-methyl/N-ethyl adjacent to an activating group) is 1. The summed E-state index contributed by atoms with van der Waals surface area (Å²) in [6, 6.07) is 9.22. The largest absolute Gasteiger partial charge is 0.484 e. The van der Waals surface area contributed by atoms with Crippen LogP contribution in [-0.2, 0) is 11.3 Å². The molecule has 1 aromatic carbocycles. The molecule has 0 unspecified atom stereocenters. The fourth-order valence-corrected chi connectivity index (χ4v) is 1.55. The number of H-pyrrole nitrogens is 1. The molecule has 0 radical (unpaired) electrons. The summed E-state index contributed by atoms with van der Waals surface area (Å²) in [5, 5.41) is 13.5. The number of rotatable bonds is 6. The number of para-hydroxylation sites is 1. The SMILES string of the molecule is CCN(Cc1nn[nH]n1)C(=O)COc1ccccc1. The number of aromatic nitrogens is 4. The minimum absolute atomic E-state index is 0.00426. The minimum Gasteiger partial charge on any atom is -0.484 e. The van der Waals surface area contributed by atoms with Crippen LogP contribution >= 0.6 is 0 Å². The monoisotopic (exact) mass is 261 g/mol. The fraction of sp³-hybridized carbons (Fsp3) is 0.333. The topological polar surface area (TPSA) is 84.0 Å². The first kappa shape index (κ1) is 13.0. The van der Waals surface area contributed by atoms with Crippen molar-refractivity contribution in [1.29, 1.82) is 0 Å². The van der Waals surface area contributed by atoms with Gasteiger partial charge in [-0.2, -0.15) is 5.21 Å². The molecule has 0 fully saturated rings. The molecule has 0 saturated carbocycles. The van der Waals surface area contributed by atoms with Crippen LogP contribution in [0.3, 0.4) is 0 Å². The van der Waals surface area contributed by atoms with Gasteiger partial charge in [0.1, 0.15) is 5.75 Å². The third-order valence-corrected chi connectivity index (χ3v) is 2.56. The third kappa shape index (κ3) is 3.77. The maximum atomic E-state index is 12.0. The van der Waals surface area contributed by atoms with Crippen LogP contribution in [0, 0.1) is 0 Å². The molecular formula is C12H15N5O2. The highest BCUT2D eigenvalue weighted by atomic mass is 16.5. The van der Waals surface area contributed by atoms with Crippen molar-refractivity contribution in [1.82, 2.24) is 25.5 Å². The maximum absolute atomic E-state index is 12.0.